The van der Waals surface area contributed by atoms with Crippen molar-refractivity contribution < 1.29 is 43.5 Å². The Labute approximate surface area is 191 Å². The third-order valence-corrected chi connectivity index (χ3v) is 4.81. The first-order chi connectivity index (χ1) is 15.8. The van der Waals surface area contributed by atoms with Crippen LogP contribution in [0.3, 0.4) is 0 Å². The van der Waals surface area contributed by atoms with E-state index in [2.05, 4.69) is 5.32 Å². The lowest BCUT2D eigenvalue weighted by molar-refractivity contribution is -0.184. The van der Waals surface area contributed by atoms with Crippen molar-refractivity contribution in [3.63, 3.8) is 0 Å². The minimum absolute atomic E-state index is 0.0107. The first-order valence-corrected chi connectivity index (χ1v) is 10.7. The summed E-state index contributed by atoms with van der Waals surface area (Å²) in [5.74, 6) is -0.675. The normalized spacial score (nSPS) is 20.9. The molecule has 1 aliphatic rings. The number of hydrogen-bond donors (Lipinski definition) is 4. The number of rotatable bonds is 12. The molecule has 0 saturated carbocycles. The predicted octanol–water partition coefficient (Wildman–Crippen LogP) is 1.08. The molecule has 1 fully saturated rings. The van der Waals surface area contributed by atoms with Crippen LogP contribution in [0.2, 0.25) is 0 Å². The molecule has 0 aromatic heterocycles. The fourth-order valence-corrected chi connectivity index (χ4v) is 3.14. The van der Waals surface area contributed by atoms with Gasteiger partial charge in [-0.1, -0.05) is 12.1 Å². The molecule has 4 N–H and O–H groups in total. The smallest absolute Gasteiger partial charge is 0.408 e. The van der Waals surface area contributed by atoms with Crippen LogP contribution in [-0.2, 0) is 30.4 Å². The number of aliphatic hydroxyl groups excluding tert-OH is 2. The fraction of sp³-hybridized carbons (Fsp3) is 0.545. The number of ketones is 1. The van der Waals surface area contributed by atoms with Crippen molar-refractivity contribution in [2.45, 2.75) is 63.8 Å². The molecule has 1 amide bonds. The lowest BCUT2D eigenvalue weighted by Crippen LogP contribution is -2.42. The van der Waals surface area contributed by atoms with Crippen molar-refractivity contribution in [1.29, 1.82) is 5.41 Å². The second-order valence-electron chi connectivity index (χ2n) is 7.43. The third kappa shape index (κ3) is 9.16. The molecule has 1 aromatic carbocycles. The minimum Gasteiger partial charge on any atom is -0.465 e. The highest BCUT2D eigenvalue weighted by atomic mass is 16.7. The molecule has 4 unspecified atom stereocenters. The highest BCUT2D eigenvalue weighted by Gasteiger charge is 2.29. The maximum absolute atomic E-state index is 12.1. The van der Waals surface area contributed by atoms with E-state index in [0.717, 1.165) is 0 Å². The van der Waals surface area contributed by atoms with Crippen LogP contribution in [0.25, 0.3) is 0 Å². The number of esters is 1. The summed E-state index contributed by atoms with van der Waals surface area (Å²) in [5, 5.41) is 28.4. The van der Waals surface area contributed by atoms with Crippen LogP contribution in [0.4, 0.5) is 4.79 Å². The Balaban J connectivity index is 1.83. The van der Waals surface area contributed by atoms with Gasteiger partial charge in [0, 0.05) is 19.3 Å². The number of Topliss-reactive ketones (excluding diaryl/α,β-unsaturated/α-hetero) is 1. The molecule has 0 radical (unpaired) electrons. The number of amides is 1. The van der Waals surface area contributed by atoms with Gasteiger partial charge in [0.1, 0.15) is 18.4 Å². The van der Waals surface area contributed by atoms with E-state index < -0.39 is 42.4 Å². The lowest BCUT2D eigenvalue weighted by atomic mass is 10.1. The van der Waals surface area contributed by atoms with E-state index >= 15 is 0 Å². The fourth-order valence-electron chi connectivity index (χ4n) is 3.14. The zero-order valence-electron chi connectivity index (χ0n) is 18.4. The summed E-state index contributed by atoms with van der Waals surface area (Å²) in [6.07, 6.45) is -1.44. The Morgan fingerprint density at radius 1 is 1.24 bits per heavy atom. The maximum Gasteiger partial charge on any atom is 0.408 e. The van der Waals surface area contributed by atoms with Crippen LogP contribution in [0.15, 0.2) is 24.3 Å². The predicted molar refractivity (Wildman–Crippen MR) is 115 cm³/mol. The number of alkyl carbamates (subject to hydrolysis) is 1. The largest absolute Gasteiger partial charge is 0.465 e. The molecule has 0 bridgehead atoms. The van der Waals surface area contributed by atoms with E-state index in [4.69, 9.17) is 24.4 Å². The highest BCUT2D eigenvalue weighted by Crippen LogP contribution is 2.23. The molecule has 0 aliphatic carbocycles. The summed E-state index contributed by atoms with van der Waals surface area (Å²) < 4.78 is 21.3. The summed E-state index contributed by atoms with van der Waals surface area (Å²) in [6, 6.07) is 5.60. The van der Waals surface area contributed by atoms with Gasteiger partial charge in [0.2, 0.25) is 6.29 Å². The number of hydrogen-bond acceptors (Lipinski definition) is 10. The van der Waals surface area contributed by atoms with Crippen LogP contribution >= 0.6 is 0 Å². The van der Waals surface area contributed by atoms with Gasteiger partial charge in [-0.2, -0.15) is 0 Å². The number of carbonyl (C=O) groups excluding carboxylic acids is 3. The molecule has 2 rings (SSSR count). The van der Waals surface area contributed by atoms with Gasteiger partial charge >= 0.3 is 12.1 Å². The average molecular weight is 466 g/mol. The Kier molecular flexibility index (Phi) is 10.7. The molecule has 1 aromatic rings. The van der Waals surface area contributed by atoms with E-state index in [1.54, 1.807) is 31.2 Å². The Bertz CT molecular complexity index is 800. The third-order valence-electron chi connectivity index (χ3n) is 4.81. The second kappa shape index (κ2) is 13.5. The van der Waals surface area contributed by atoms with Crippen molar-refractivity contribution in [2.75, 3.05) is 13.2 Å². The standard InChI is InChI=1S/C22H30N2O9/c1-2-30-21(28)19(8-5-15(26)11-23)24-22(29)31-13-14-3-6-17(7-4-14)32-20-10-16(27)9-18(12-25)33-20/h3-4,6-7,11,16,18-20,23,25,27H,2,5,8-10,12-13H2,1H3,(H,24,29). The van der Waals surface area contributed by atoms with Crippen LogP contribution in [0.1, 0.15) is 38.2 Å². The summed E-state index contributed by atoms with van der Waals surface area (Å²) >= 11 is 0. The van der Waals surface area contributed by atoms with Crippen molar-refractivity contribution in [1.82, 2.24) is 5.32 Å². The van der Waals surface area contributed by atoms with Gasteiger partial charge < -0.3 is 39.9 Å². The first-order valence-electron chi connectivity index (χ1n) is 10.7. The molecular weight excluding hydrogens is 436 g/mol. The summed E-state index contributed by atoms with van der Waals surface area (Å²) in [5.41, 5.74) is 0.655. The number of benzene rings is 1. The van der Waals surface area contributed by atoms with E-state index in [-0.39, 0.29) is 39.1 Å². The average Bonchev–Trinajstić information content (AvgIpc) is 2.80. The molecule has 11 nitrogen and oxygen atoms in total. The minimum atomic E-state index is -1.06. The summed E-state index contributed by atoms with van der Waals surface area (Å²) in [4.78, 5) is 35.4. The van der Waals surface area contributed by atoms with Gasteiger partial charge in [0.05, 0.1) is 31.6 Å². The van der Waals surface area contributed by atoms with Crippen molar-refractivity contribution in [3.8, 4) is 5.75 Å². The first kappa shape index (κ1) is 26.2. The molecule has 1 heterocycles. The molecule has 1 saturated heterocycles. The molecular formula is C22H30N2O9. The number of aliphatic hydroxyl groups is 2. The second-order valence-corrected chi connectivity index (χ2v) is 7.43. The van der Waals surface area contributed by atoms with Gasteiger partial charge in [0.25, 0.3) is 0 Å². The topological polar surface area (TPSA) is 164 Å². The van der Waals surface area contributed by atoms with Gasteiger partial charge in [0.15, 0.2) is 5.78 Å². The van der Waals surface area contributed by atoms with Gasteiger partial charge in [-0.05, 0) is 31.0 Å². The van der Waals surface area contributed by atoms with Gasteiger partial charge in [-0.15, -0.1) is 0 Å². The van der Waals surface area contributed by atoms with Gasteiger partial charge in [-0.3, -0.25) is 4.79 Å². The number of nitrogens with one attached hydrogen (secondary N) is 2. The van der Waals surface area contributed by atoms with Crippen LogP contribution in [0, 0.1) is 5.41 Å². The Hall–Kier alpha value is -3.02. The van der Waals surface area contributed by atoms with Crippen LogP contribution in [0.5, 0.6) is 5.75 Å². The summed E-state index contributed by atoms with van der Waals surface area (Å²) in [6.45, 7) is 1.46. The summed E-state index contributed by atoms with van der Waals surface area (Å²) in [7, 11) is 0. The number of ether oxygens (including phenoxy) is 4. The van der Waals surface area contributed by atoms with Crippen LogP contribution in [-0.4, -0.2) is 72.0 Å². The molecule has 1 aliphatic heterocycles. The highest BCUT2D eigenvalue weighted by molar-refractivity contribution is 6.26. The van der Waals surface area contributed by atoms with Crippen molar-refractivity contribution >= 4 is 24.1 Å². The molecule has 4 atom stereocenters. The van der Waals surface area contributed by atoms with Crippen molar-refractivity contribution in [2.24, 2.45) is 0 Å². The monoisotopic (exact) mass is 466 g/mol. The molecule has 182 valence electrons. The molecule has 0 spiro atoms. The van der Waals surface area contributed by atoms with E-state index in [1.165, 1.54) is 0 Å². The zero-order chi connectivity index (χ0) is 24.2. The Morgan fingerprint density at radius 3 is 2.61 bits per heavy atom. The van der Waals surface area contributed by atoms with Crippen molar-refractivity contribution in [3.05, 3.63) is 29.8 Å². The van der Waals surface area contributed by atoms with E-state index in [9.17, 15) is 24.6 Å². The Morgan fingerprint density at radius 2 is 1.97 bits per heavy atom. The lowest BCUT2D eigenvalue weighted by Gasteiger charge is -2.32. The van der Waals surface area contributed by atoms with Gasteiger partial charge in [-0.25, -0.2) is 9.59 Å². The SMILES string of the molecule is CCOC(=O)C(CCC(=O)C=N)NC(=O)OCc1ccc(OC2CC(O)CC(CO)O2)cc1. The molecule has 11 heteroatoms. The maximum atomic E-state index is 12.1. The zero-order valence-corrected chi connectivity index (χ0v) is 18.4. The van der Waals surface area contributed by atoms with Crippen LogP contribution < -0.4 is 10.1 Å². The van der Waals surface area contributed by atoms with E-state index in [0.29, 0.717) is 23.9 Å². The quantitative estimate of drug-likeness (QED) is 0.260. The number of carbonyl (C=O) groups is 3. The molecule has 33 heavy (non-hydrogen) atoms. The van der Waals surface area contributed by atoms with E-state index in [1.807, 2.05) is 0 Å².